The first-order chi connectivity index (χ1) is 22.0. The van der Waals surface area contributed by atoms with E-state index in [1.807, 2.05) is 48.5 Å². The minimum absolute atomic E-state index is 0.0958. The zero-order chi connectivity index (χ0) is 32.8. The number of hydrogen-bond donors (Lipinski definition) is 1. The van der Waals surface area contributed by atoms with Gasteiger partial charge in [-0.3, -0.25) is 9.69 Å². The molecular weight excluding hydrogens is 617 g/mol. The Bertz CT molecular complexity index is 1700. The predicted molar refractivity (Wildman–Crippen MR) is 172 cm³/mol. The largest absolute Gasteiger partial charge is 0.573 e. The Kier molecular flexibility index (Phi) is 10.1. The molecule has 0 bridgehead atoms. The molecule has 3 amide bonds. The van der Waals surface area contributed by atoms with Crippen molar-refractivity contribution in [2.75, 3.05) is 17.2 Å². The third-order valence-corrected chi connectivity index (χ3v) is 8.22. The average Bonchev–Trinajstić information content (AvgIpc) is 3.64. The maximum atomic E-state index is 12.7. The molecule has 0 aliphatic carbocycles. The molecule has 1 aliphatic rings. The minimum Gasteiger partial charge on any atom is -0.406 e. The number of aliphatic imine (C=N–C) groups is 1. The number of rotatable bonds is 10. The summed E-state index contributed by atoms with van der Waals surface area (Å²) in [7, 11) is 0. The van der Waals surface area contributed by atoms with E-state index in [0.717, 1.165) is 35.2 Å². The van der Waals surface area contributed by atoms with Crippen LogP contribution in [0.4, 0.5) is 23.7 Å². The van der Waals surface area contributed by atoms with Crippen molar-refractivity contribution < 1.29 is 27.5 Å². The van der Waals surface area contributed by atoms with E-state index in [1.54, 1.807) is 4.90 Å². The van der Waals surface area contributed by atoms with Crippen LogP contribution < -0.4 is 15.0 Å². The number of para-hydroxylation sites is 1. The molecule has 46 heavy (non-hydrogen) atoms. The van der Waals surface area contributed by atoms with Gasteiger partial charge in [0, 0.05) is 12.1 Å². The van der Waals surface area contributed by atoms with Crippen LogP contribution in [0.5, 0.6) is 5.75 Å². The molecule has 1 aromatic heterocycles. The minimum atomic E-state index is -4.75. The second kappa shape index (κ2) is 14.2. The fourth-order valence-electron chi connectivity index (χ4n) is 5.03. The molecule has 1 N–H and O–H groups in total. The molecule has 0 radical (unpaired) electrons. The van der Waals surface area contributed by atoms with Gasteiger partial charge in [-0.05, 0) is 66.1 Å². The lowest BCUT2D eigenvalue weighted by Crippen LogP contribution is -2.32. The molecule has 1 aliphatic heterocycles. The molecule has 1 atom stereocenters. The molecule has 2 heterocycles. The number of nitrogens with zero attached hydrogens (tertiary/aromatic N) is 5. The second-order valence-corrected chi connectivity index (χ2v) is 12.1. The Balaban J connectivity index is 1.11. The number of halogens is 3. The summed E-state index contributed by atoms with van der Waals surface area (Å²) in [5.41, 5.74) is 4.23. The number of ether oxygens (including phenoxy) is 1. The highest BCUT2D eigenvalue weighted by Gasteiger charge is 2.32. The van der Waals surface area contributed by atoms with Crippen molar-refractivity contribution in [3.8, 4) is 22.8 Å². The predicted octanol–water partition coefficient (Wildman–Crippen LogP) is 7.37. The van der Waals surface area contributed by atoms with E-state index >= 15 is 0 Å². The first kappa shape index (κ1) is 32.7. The van der Waals surface area contributed by atoms with Crippen LogP contribution in [0.2, 0.25) is 0 Å². The smallest absolute Gasteiger partial charge is 0.406 e. The van der Waals surface area contributed by atoms with E-state index in [9.17, 15) is 22.8 Å². The maximum Gasteiger partial charge on any atom is 0.573 e. The Morgan fingerprint density at radius 3 is 2.46 bits per heavy atom. The van der Waals surface area contributed by atoms with Gasteiger partial charge in [0.15, 0.2) is 11.0 Å². The van der Waals surface area contributed by atoms with Crippen molar-refractivity contribution in [3.05, 3.63) is 90.3 Å². The summed E-state index contributed by atoms with van der Waals surface area (Å²) in [5.74, 6) is 0.799. The van der Waals surface area contributed by atoms with Crippen LogP contribution in [0.15, 0.2) is 84.1 Å². The molecular formula is C33H33F3N6O3S. The third-order valence-electron chi connectivity index (χ3n) is 7.30. The van der Waals surface area contributed by atoms with Gasteiger partial charge in [-0.25, -0.2) is 14.5 Å². The van der Waals surface area contributed by atoms with Gasteiger partial charge < -0.3 is 10.1 Å². The zero-order valence-electron chi connectivity index (χ0n) is 25.5. The number of hydrogen-bond acceptors (Lipinski definition) is 6. The number of alkyl halides is 3. The van der Waals surface area contributed by atoms with Gasteiger partial charge >= 0.3 is 12.4 Å². The highest BCUT2D eigenvalue weighted by molar-refractivity contribution is 8.15. The van der Waals surface area contributed by atoms with Crippen LogP contribution in [0.25, 0.3) is 17.1 Å². The molecule has 1 fully saturated rings. The monoisotopic (exact) mass is 650 g/mol. The molecule has 1 saturated heterocycles. The van der Waals surface area contributed by atoms with Crippen molar-refractivity contribution in [3.63, 3.8) is 0 Å². The van der Waals surface area contributed by atoms with E-state index in [4.69, 9.17) is 0 Å². The number of amides is 3. The molecule has 0 saturated carbocycles. The van der Waals surface area contributed by atoms with Crippen LogP contribution in [0.3, 0.4) is 0 Å². The van der Waals surface area contributed by atoms with Gasteiger partial charge in [0.25, 0.3) is 0 Å². The van der Waals surface area contributed by atoms with Crippen molar-refractivity contribution in [2.24, 2.45) is 10.9 Å². The van der Waals surface area contributed by atoms with E-state index in [1.165, 1.54) is 47.0 Å². The van der Waals surface area contributed by atoms with Crippen molar-refractivity contribution in [2.45, 2.75) is 45.9 Å². The summed E-state index contributed by atoms with van der Waals surface area (Å²) in [4.78, 5) is 35.4. The van der Waals surface area contributed by atoms with Crippen molar-refractivity contribution in [1.29, 1.82) is 0 Å². The molecule has 5 rings (SSSR count). The summed E-state index contributed by atoms with van der Waals surface area (Å²) < 4.78 is 42.6. The molecule has 13 heteroatoms. The van der Waals surface area contributed by atoms with Gasteiger partial charge in [-0.2, -0.15) is 4.99 Å². The molecule has 0 spiro atoms. The Hall–Kier alpha value is -4.65. The highest BCUT2D eigenvalue weighted by atomic mass is 32.2. The summed E-state index contributed by atoms with van der Waals surface area (Å²) in [6.45, 7) is 6.68. The SMILES string of the molecule is CC(CCNC(=O)N=C1SCC(=O)N1c1ccccc1C(C)C)Cc1ccc(-c2ncn(-c3ccc(OC(F)(F)F)cc3)n2)cc1. The lowest BCUT2D eigenvalue weighted by atomic mass is 9.97. The molecule has 4 aromatic rings. The van der Waals surface area contributed by atoms with Crippen molar-refractivity contribution in [1.82, 2.24) is 20.1 Å². The van der Waals surface area contributed by atoms with Crippen LogP contribution in [-0.4, -0.2) is 50.5 Å². The quantitative estimate of drug-likeness (QED) is 0.192. The lowest BCUT2D eigenvalue weighted by Gasteiger charge is -2.21. The van der Waals surface area contributed by atoms with E-state index in [0.29, 0.717) is 23.2 Å². The number of nitrogens with one attached hydrogen (secondary N) is 1. The highest BCUT2D eigenvalue weighted by Crippen LogP contribution is 2.33. The Morgan fingerprint density at radius 2 is 1.76 bits per heavy atom. The number of amidine groups is 1. The van der Waals surface area contributed by atoms with Gasteiger partial charge in [-0.15, -0.1) is 18.3 Å². The van der Waals surface area contributed by atoms with E-state index in [-0.39, 0.29) is 29.2 Å². The maximum absolute atomic E-state index is 12.7. The number of thioether (sulfide) groups is 1. The van der Waals surface area contributed by atoms with Gasteiger partial charge in [0.2, 0.25) is 5.91 Å². The summed E-state index contributed by atoms with van der Waals surface area (Å²) in [5, 5.41) is 7.69. The molecule has 3 aromatic carbocycles. The molecule has 240 valence electrons. The first-order valence-electron chi connectivity index (χ1n) is 14.7. The van der Waals surface area contributed by atoms with Gasteiger partial charge in [0.1, 0.15) is 12.1 Å². The summed E-state index contributed by atoms with van der Waals surface area (Å²) in [6, 6.07) is 20.4. The first-order valence-corrected chi connectivity index (χ1v) is 15.7. The number of carbonyl (C=O) groups excluding carboxylic acids is 2. The number of benzene rings is 3. The average molecular weight is 651 g/mol. The standard InChI is InChI=1S/C33H33F3N6O3S/c1-21(2)27-6-4-5-7-28(27)42-29(43)19-46-32(42)39-31(44)37-17-16-22(3)18-23-8-10-24(11-9-23)30-38-20-41(40-30)25-12-14-26(15-13-25)45-33(34,35)36/h4-15,20-22H,16-19H2,1-3H3,(H,37,44). The number of aromatic nitrogens is 3. The van der Waals surface area contributed by atoms with Crippen LogP contribution in [-0.2, 0) is 11.2 Å². The third kappa shape index (κ3) is 8.33. The lowest BCUT2D eigenvalue weighted by molar-refractivity contribution is -0.274. The fourth-order valence-corrected chi connectivity index (χ4v) is 5.89. The van der Waals surface area contributed by atoms with Gasteiger partial charge in [-0.1, -0.05) is 75.0 Å². The topological polar surface area (TPSA) is 102 Å². The van der Waals surface area contributed by atoms with Gasteiger partial charge in [0.05, 0.1) is 17.1 Å². The van der Waals surface area contributed by atoms with E-state index in [2.05, 4.69) is 45.9 Å². The number of anilines is 1. The Morgan fingerprint density at radius 1 is 1.04 bits per heavy atom. The van der Waals surface area contributed by atoms with Crippen LogP contribution >= 0.6 is 11.8 Å². The normalized spacial score (nSPS) is 15.1. The summed E-state index contributed by atoms with van der Waals surface area (Å²) >= 11 is 1.26. The molecule has 1 unspecified atom stereocenters. The number of carbonyl (C=O) groups is 2. The number of urea groups is 1. The summed E-state index contributed by atoms with van der Waals surface area (Å²) in [6.07, 6.45) is -1.72. The zero-order valence-corrected chi connectivity index (χ0v) is 26.3. The van der Waals surface area contributed by atoms with Crippen LogP contribution in [0, 0.1) is 5.92 Å². The Labute approximate surface area is 268 Å². The van der Waals surface area contributed by atoms with Crippen LogP contribution in [0.1, 0.15) is 44.2 Å². The molecule has 9 nitrogen and oxygen atoms in total. The second-order valence-electron chi connectivity index (χ2n) is 11.2. The van der Waals surface area contributed by atoms with Crippen molar-refractivity contribution >= 4 is 34.6 Å². The van der Waals surface area contributed by atoms with E-state index < -0.39 is 12.4 Å². The fraction of sp³-hybridized carbons (Fsp3) is 0.303.